The Hall–Kier alpha value is -0.820. The van der Waals surface area contributed by atoms with Gasteiger partial charge in [0.1, 0.15) is 17.9 Å². The Labute approximate surface area is 119 Å². The standard InChI is InChI=1S/C13H15IO4/c14-9-4-5-12(11(7-9)13(15)16)18-8-10-3-1-2-6-17-10/h4-5,7,10H,1-3,6,8H2,(H,15,16). The van der Waals surface area contributed by atoms with Gasteiger partial charge in [0.2, 0.25) is 0 Å². The molecule has 98 valence electrons. The van der Waals surface area contributed by atoms with Crippen molar-refractivity contribution in [2.24, 2.45) is 0 Å². The van der Waals surface area contributed by atoms with Crippen molar-refractivity contribution in [3.05, 3.63) is 27.3 Å². The van der Waals surface area contributed by atoms with Crippen molar-refractivity contribution in [2.45, 2.75) is 25.4 Å². The Morgan fingerprint density at radius 3 is 3.00 bits per heavy atom. The van der Waals surface area contributed by atoms with Gasteiger partial charge in [0.15, 0.2) is 0 Å². The molecule has 1 heterocycles. The number of carboxylic acids is 1. The van der Waals surface area contributed by atoms with Crippen molar-refractivity contribution in [3.8, 4) is 5.75 Å². The molecule has 18 heavy (non-hydrogen) atoms. The fourth-order valence-corrected chi connectivity index (χ4v) is 2.41. The number of hydrogen-bond donors (Lipinski definition) is 1. The fourth-order valence-electron chi connectivity index (χ4n) is 1.92. The van der Waals surface area contributed by atoms with Gasteiger partial charge in [-0.25, -0.2) is 4.79 Å². The number of benzene rings is 1. The number of hydrogen-bond acceptors (Lipinski definition) is 3. The molecule has 1 aromatic rings. The van der Waals surface area contributed by atoms with E-state index in [1.807, 2.05) is 6.07 Å². The van der Waals surface area contributed by atoms with E-state index in [0.29, 0.717) is 12.4 Å². The lowest BCUT2D eigenvalue weighted by atomic mass is 10.1. The van der Waals surface area contributed by atoms with Crippen molar-refractivity contribution in [1.29, 1.82) is 0 Å². The highest BCUT2D eigenvalue weighted by Crippen LogP contribution is 2.22. The predicted molar refractivity (Wildman–Crippen MR) is 75.2 cm³/mol. The van der Waals surface area contributed by atoms with Crippen LogP contribution in [0.25, 0.3) is 0 Å². The van der Waals surface area contributed by atoms with Crippen LogP contribution in [0, 0.1) is 3.57 Å². The van der Waals surface area contributed by atoms with E-state index >= 15 is 0 Å². The fraction of sp³-hybridized carbons (Fsp3) is 0.462. The molecule has 0 aromatic heterocycles. The molecular formula is C13H15IO4. The first kappa shape index (κ1) is 13.6. The summed E-state index contributed by atoms with van der Waals surface area (Å²) in [6.45, 7) is 1.19. The molecule has 1 unspecified atom stereocenters. The normalized spacial score (nSPS) is 19.5. The molecule has 1 atom stereocenters. The SMILES string of the molecule is O=C(O)c1cc(I)ccc1OCC1CCCCO1. The first-order valence-electron chi connectivity index (χ1n) is 5.94. The Bertz CT molecular complexity index is 427. The number of rotatable bonds is 4. The molecular weight excluding hydrogens is 347 g/mol. The molecule has 0 amide bonds. The predicted octanol–water partition coefficient (Wildman–Crippen LogP) is 2.94. The van der Waals surface area contributed by atoms with Crippen molar-refractivity contribution in [1.82, 2.24) is 0 Å². The van der Waals surface area contributed by atoms with Gasteiger partial charge in [0, 0.05) is 10.2 Å². The van der Waals surface area contributed by atoms with Crippen molar-refractivity contribution < 1.29 is 19.4 Å². The molecule has 5 heteroatoms. The minimum Gasteiger partial charge on any atom is -0.490 e. The molecule has 1 aromatic carbocycles. The molecule has 2 rings (SSSR count). The second-order valence-electron chi connectivity index (χ2n) is 4.25. The summed E-state index contributed by atoms with van der Waals surface area (Å²) in [6, 6.07) is 5.15. The average Bonchev–Trinajstić information content (AvgIpc) is 2.38. The number of ether oxygens (including phenoxy) is 2. The van der Waals surface area contributed by atoms with Gasteiger partial charge in [0.05, 0.1) is 6.10 Å². The highest BCUT2D eigenvalue weighted by Gasteiger charge is 2.17. The summed E-state index contributed by atoms with van der Waals surface area (Å²) < 4.78 is 12.0. The van der Waals surface area contributed by atoms with Crippen LogP contribution in [0.3, 0.4) is 0 Å². The molecule has 1 aliphatic rings. The van der Waals surface area contributed by atoms with Crippen LogP contribution in [0.1, 0.15) is 29.6 Å². The molecule has 0 saturated carbocycles. The van der Waals surface area contributed by atoms with Crippen LogP contribution < -0.4 is 4.74 Å². The van der Waals surface area contributed by atoms with Gasteiger partial charge in [-0.05, 0) is 60.1 Å². The summed E-state index contributed by atoms with van der Waals surface area (Å²) in [6.07, 6.45) is 3.30. The van der Waals surface area contributed by atoms with Gasteiger partial charge in [-0.1, -0.05) is 0 Å². The summed E-state index contributed by atoms with van der Waals surface area (Å²) >= 11 is 2.08. The Morgan fingerprint density at radius 1 is 1.50 bits per heavy atom. The lowest BCUT2D eigenvalue weighted by Crippen LogP contribution is -2.26. The van der Waals surface area contributed by atoms with E-state index in [1.54, 1.807) is 12.1 Å². The number of carboxylic acid groups (broad SMARTS) is 1. The maximum absolute atomic E-state index is 11.1. The van der Waals surface area contributed by atoms with Crippen LogP contribution in [0.2, 0.25) is 0 Å². The summed E-state index contributed by atoms with van der Waals surface area (Å²) in [7, 11) is 0. The van der Waals surface area contributed by atoms with E-state index in [4.69, 9.17) is 14.6 Å². The number of aromatic carboxylic acids is 1. The number of halogens is 1. The second-order valence-corrected chi connectivity index (χ2v) is 5.49. The van der Waals surface area contributed by atoms with Gasteiger partial charge in [-0.15, -0.1) is 0 Å². The van der Waals surface area contributed by atoms with Gasteiger partial charge < -0.3 is 14.6 Å². The lowest BCUT2D eigenvalue weighted by molar-refractivity contribution is -0.0113. The van der Waals surface area contributed by atoms with Crippen LogP contribution in [0.4, 0.5) is 0 Å². The van der Waals surface area contributed by atoms with E-state index < -0.39 is 5.97 Å². The quantitative estimate of drug-likeness (QED) is 0.837. The third-order valence-corrected chi connectivity index (χ3v) is 3.54. The van der Waals surface area contributed by atoms with E-state index in [1.165, 1.54) is 0 Å². The largest absolute Gasteiger partial charge is 0.490 e. The zero-order valence-electron chi connectivity index (χ0n) is 9.89. The molecule has 1 saturated heterocycles. The maximum atomic E-state index is 11.1. The molecule has 1 fully saturated rings. The van der Waals surface area contributed by atoms with Crippen molar-refractivity contribution in [3.63, 3.8) is 0 Å². The first-order chi connectivity index (χ1) is 8.66. The van der Waals surface area contributed by atoms with E-state index in [-0.39, 0.29) is 11.7 Å². The van der Waals surface area contributed by atoms with E-state index in [2.05, 4.69) is 22.6 Å². The summed E-state index contributed by atoms with van der Waals surface area (Å²) in [5.74, 6) is -0.551. The smallest absolute Gasteiger partial charge is 0.339 e. The molecule has 0 bridgehead atoms. The van der Waals surface area contributed by atoms with E-state index in [9.17, 15) is 4.79 Å². The summed E-state index contributed by atoms with van der Waals surface area (Å²) in [5.41, 5.74) is 0.206. The van der Waals surface area contributed by atoms with Crippen LogP contribution in [0.15, 0.2) is 18.2 Å². The molecule has 0 aliphatic carbocycles. The van der Waals surface area contributed by atoms with Gasteiger partial charge in [0.25, 0.3) is 0 Å². The molecule has 0 spiro atoms. The maximum Gasteiger partial charge on any atom is 0.339 e. The summed E-state index contributed by atoms with van der Waals surface area (Å²) in [4.78, 5) is 11.1. The van der Waals surface area contributed by atoms with Crippen LogP contribution in [0.5, 0.6) is 5.75 Å². The second kappa shape index (κ2) is 6.38. The number of carbonyl (C=O) groups is 1. The van der Waals surface area contributed by atoms with Crippen LogP contribution in [-0.4, -0.2) is 30.4 Å². The Balaban J connectivity index is 2.01. The Morgan fingerprint density at radius 2 is 2.33 bits per heavy atom. The topological polar surface area (TPSA) is 55.8 Å². The minimum absolute atomic E-state index is 0.0830. The zero-order valence-corrected chi connectivity index (χ0v) is 12.1. The minimum atomic E-state index is -0.965. The highest BCUT2D eigenvalue weighted by molar-refractivity contribution is 14.1. The van der Waals surface area contributed by atoms with Gasteiger partial charge >= 0.3 is 5.97 Å². The molecule has 4 nitrogen and oxygen atoms in total. The zero-order chi connectivity index (χ0) is 13.0. The monoisotopic (exact) mass is 362 g/mol. The van der Waals surface area contributed by atoms with Crippen LogP contribution in [-0.2, 0) is 4.74 Å². The first-order valence-corrected chi connectivity index (χ1v) is 7.02. The third kappa shape index (κ3) is 3.58. The Kier molecular flexibility index (Phi) is 4.82. The van der Waals surface area contributed by atoms with Crippen LogP contribution >= 0.6 is 22.6 Å². The summed E-state index contributed by atoms with van der Waals surface area (Å²) in [5, 5.41) is 9.11. The highest BCUT2D eigenvalue weighted by atomic mass is 127. The van der Waals surface area contributed by atoms with E-state index in [0.717, 1.165) is 29.4 Å². The average molecular weight is 362 g/mol. The molecule has 1 N–H and O–H groups in total. The third-order valence-electron chi connectivity index (χ3n) is 2.87. The van der Waals surface area contributed by atoms with Crippen molar-refractivity contribution >= 4 is 28.6 Å². The van der Waals surface area contributed by atoms with Gasteiger partial charge in [-0.3, -0.25) is 0 Å². The molecule has 0 radical (unpaired) electrons. The van der Waals surface area contributed by atoms with Gasteiger partial charge in [-0.2, -0.15) is 0 Å². The van der Waals surface area contributed by atoms with Crippen molar-refractivity contribution in [2.75, 3.05) is 13.2 Å². The lowest BCUT2D eigenvalue weighted by Gasteiger charge is -2.23. The molecule has 1 aliphatic heterocycles.